The van der Waals surface area contributed by atoms with Crippen molar-refractivity contribution < 1.29 is 8.42 Å². The fourth-order valence-electron chi connectivity index (χ4n) is 2.56. The third kappa shape index (κ3) is 3.71. The highest BCUT2D eigenvalue weighted by molar-refractivity contribution is 7.91. The normalized spacial score (nSPS) is 31.4. The summed E-state index contributed by atoms with van der Waals surface area (Å²) in [6.07, 6.45) is 4.55. The molecule has 1 N–H and O–H groups in total. The van der Waals surface area contributed by atoms with Gasteiger partial charge in [-0.25, -0.2) is 8.42 Å². The molecule has 2 aliphatic rings. The van der Waals surface area contributed by atoms with Crippen molar-refractivity contribution in [3.8, 4) is 0 Å². The van der Waals surface area contributed by atoms with Crippen LogP contribution in [-0.4, -0.2) is 57.0 Å². The van der Waals surface area contributed by atoms with E-state index in [4.69, 9.17) is 0 Å². The molecule has 2 fully saturated rings. The Morgan fingerprint density at radius 1 is 1.19 bits per heavy atom. The van der Waals surface area contributed by atoms with Crippen LogP contribution in [0.3, 0.4) is 0 Å². The lowest BCUT2D eigenvalue weighted by Crippen LogP contribution is -2.32. The Balaban J connectivity index is 1.73. The average Bonchev–Trinajstić information content (AvgIpc) is 2.68. The van der Waals surface area contributed by atoms with Crippen LogP contribution in [0, 0.1) is 0 Å². The largest absolute Gasteiger partial charge is 0.314 e. The van der Waals surface area contributed by atoms with Gasteiger partial charge >= 0.3 is 0 Å². The minimum Gasteiger partial charge on any atom is -0.314 e. The van der Waals surface area contributed by atoms with Crippen molar-refractivity contribution >= 4 is 9.84 Å². The number of rotatable bonds is 3. The summed E-state index contributed by atoms with van der Waals surface area (Å²) in [5.41, 5.74) is 0. The van der Waals surface area contributed by atoms with Crippen molar-refractivity contribution in [2.75, 3.05) is 37.7 Å². The van der Waals surface area contributed by atoms with Crippen molar-refractivity contribution in [2.45, 2.75) is 31.7 Å². The molecule has 0 aromatic heterocycles. The molecule has 0 saturated carbocycles. The standard InChI is InChI=1S/C11H22N2O2S/c14-16(15)9-2-6-13(8-10-16)7-4-11-3-1-5-12-11/h11-12H,1-10H2. The first kappa shape index (κ1) is 12.3. The molecule has 0 aromatic carbocycles. The van der Waals surface area contributed by atoms with Crippen molar-refractivity contribution in [3.63, 3.8) is 0 Å². The van der Waals surface area contributed by atoms with Gasteiger partial charge in [0.25, 0.3) is 0 Å². The summed E-state index contributed by atoms with van der Waals surface area (Å²) in [6.45, 7) is 3.88. The molecular weight excluding hydrogens is 224 g/mol. The van der Waals surface area contributed by atoms with E-state index in [2.05, 4.69) is 10.2 Å². The van der Waals surface area contributed by atoms with Crippen LogP contribution in [0.15, 0.2) is 0 Å². The summed E-state index contributed by atoms with van der Waals surface area (Å²) in [5.74, 6) is 0.732. The van der Waals surface area contributed by atoms with Gasteiger partial charge in [0.1, 0.15) is 0 Å². The minimum absolute atomic E-state index is 0.352. The summed E-state index contributed by atoms with van der Waals surface area (Å²) in [5, 5.41) is 3.48. The van der Waals surface area contributed by atoms with E-state index >= 15 is 0 Å². The van der Waals surface area contributed by atoms with E-state index in [0.717, 1.165) is 32.6 Å². The second kappa shape index (κ2) is 5.47. The highest BCUT2D eigenvalue weighted by atomic mass is 32.2. The van der Waals surface area contributed by atoms with Gasteiger partial charge in [0, 0.05) is 12.6 Å². The molecule has 2 heterocycles. The number of hydrogen-bond donors (Lipinski definition) is 1. The molecule has 0 radical (unpaired) electrons. The molecule has 94 valence electrons. The maximum absolute atomic E-state index is 11.4. The van der Waals surface area contributed by atoms with Gasteiger partial charge in [0.2, 0.25) is 0 Å². The molecule has 0 amide bonds. The Labute approximate surface area is 98.3 Å². The van der Waals surface area contributed by atoms with Crippen LogP contribution in [0.25, 0.3) is 0 Å². The summed E-state index contributed by atoms with van der Waals surface area (Å²) in [4.78, 5) is 2.31. The minimum atomic E-state index is -2.75. The number of sulfone groups is 1. The topological polar surface area (TPSA) is 49.4 Å². The van der Waals surface area contributed by atoms with Crippen molar-refractivity contribution in [1.29, 1.82) is 0 Å². The predicted octanol–water partition coefficient (Wildman–Crippen LogP) is 0.249. The van der Waals surface area contributed by atoms with Crippen LogP contribution in [-0.2, 0) is 9.84 Å². The molecule has 0 aliphatic carbocycles. The Hall–Kier alpha value is -0.130. The summed E-state index contributed by atoms with van der Waals surface area (Å²) in [7, 11) is -2.75. The van der Waals surface area contributed by atoms with E-state index in [9.17, 15) is 8.42 Å². The molecule has 16 heavy (non-hydrogen) atoms. The molecule has 2 aliphatic heterocycles. The van der Waals surface area contributed by atoms with Crippen molar-refractivity contribution in [1.82, 2.24) is 10.2 Å². The predicted molar refractivity (Wildman–Crippen MR) is 65.4 cm³/mol. The second-order valence-corrected chi connectivity index (χ2v) is 7.23. The highest BCUT2D eigenvalue weighted by Crippen LogP contribution is 2.11. The Bertz CT molecular complexity index is 310. The number of hydrogen-bond acceptors (Lipinski definition) is 4. The molecule has 1 atom stereocenters. The Kier molecular flexibility index (Phi) is 4.21. The lowest BCUT2D eigenvalue weighted by Gasteiger charge is -2.21. The van der Waals surface area contributed by atoms with E-state index in [1.165, 1.54) is 19.3 Å². The Morgan fingerprint density at radius 2 is 2.06 bits per heavy atom. The summed E-state index contributed by atoms with van der Waals surface area (Å²) in [6, 6.07) is 0.667. The first-order valence-electron chi connectivity index (χ1n) is 6.32. The second-order valence-electron chi connectivity index (χ2n) is 4.93. The zero-order valence-electron chi connectivity index (χ0n) is 9.82. The van der Waals surface area contributed by atoms with E-state index in [-0.39, 0.29) is 0 Å². The smallest absolute Gasteiger partial charge is 0.151 e. The first-order chi connectivity index (χ1) is 7.66. The number of nitrogens with one attached hydrogen (secondary N) is 1. The summed E-state index contributed by atoms with van der Waals surface area (Å²) < 4.78 is 22.9. The fraction of sp³-hybridized carbons (Fsp3) is 1.00. The third-order valence-corrected chi connectivity index (χ3v) is 5.32. The van der Waals surface area contributed by atoms with Gasteiger partial charge in [-0.1, -0.05) is 0 Å². The molecule has 1 unspecified atom stereocenters. The van der Waals surface area contributed by atoms with Gasteiger partial charge in [-0.05, 0) is 45.3 Å². The van der Waals surface area contributed by atoms with Gasteiger partial charge in [-0.15, -0.1) is 0 Å². The monoisotopic (exact) mass is 246 g/mol. The molecule has 5 heteroatoms. The van der Waals surface area contributed by atoms with Gasteiger partial charge in [-0.3, -0.25) is 0 Å². The van der Waals surface area contributed by atoms with E-state index in [1.807, 2.05) is 0 Å². The molecule has 2 saturated heterocycles. The quantitative estimate of drug-likeness (QED) is 0.775. The van der Waals surface area contributed by atoms with Crippen molar-refractivity contribution in [2.24, 2.45) is 0 Å². The third-order valence-electron chi connectivity index (χ3n) is 3.60. The fourth-order valence-corrected chi connectivity index (χ4v) is 3.86. The molecule has 2 rings (SSSR count). The van der Waals surface area contributed by atoms with Crippen molar-refractivity contribution in [3.05, 3.63) is 0 Å². The molecule has 4 nitrogen and oxygen atoms in total. The molecule has 0 spiro atoms. The van der Waals surface area contributed by atoms with Crippen LogP contribution in [0.4, 0.5) is 0 Å². The van der Waals surface area contributed by atoms with Gasteiger partial charge < -0.3 is 10.2 Å². The molecule has 0 bridgehead atoms. The van der Waals surface area contributed by atoms with Crippen LogP contribution in [0.5, 0.6) is 0 Å². The first-order valence-corrected chi connectivity index (χ1v) is 8.14. The zero-order valence-corrected chi connectivity index (χ0v) is 10.6. The molecule has 0 aromatic rings. The van der Waals surface area contributed by atoms with E-state index < -0.39 is 9.84 Å². The van der Waals surface area contributed by atoms with E-state index in [0.29, 0.717) is 17.5 Å². The van der Waals surface area contributed by atoms with Crippen LogP contribution >= 0.6 is 0 Å². The zero-order chi connectivity index (χ0) is 11.4. The van der Waals surface area contributed by atoms with Gasteiger partial charge in [0.15, 0.2) is 9.84 Å². The van der Waals surface area contributed by atoms with Crippen LogP contribution in [0.2, 0.25) is 0 Å². The lowest BCUT2D eigenvalue weighted by atomic mass is 10.1. The van der Waals surface area contributed by atoms with Gasteiger partial charge in [-0.2, -0.15) is 0 Å². The lowest BCUT2D eigenvalue weighted by molar-refractivity contribution is 0.278. The average molecular weight is 246 g/mol. The summed E-state index contributed by atoms with van der Waals surface area (Å²) >= 11 is 0. The maximum Gasteiger partial charge on any atom is 0.151 e. The molecular formula is C11H22N2O2S. The SMILES string of the molecule is O=S1(=O)CCCN(CCC2CCCN2)CC1. The highest BCUT2D eigenvalue weighted by Gasteiger charge is 2.20. The maximum atomic E-state index is 11.4. The van der Waals surface area contributed by atoms with Crippen LogP contribution < -0.4 is 5.32 Å². The van der Waals surface area contributed by atoms with Gasteiger partial charge in [0.05, 0.1) is 11.5 Å². The van der Waals surface area contributed by atoms with E-state index in [1.54, 1.807) is 0 Å². The Morgan fingerprint density at radius 3 is 2.81 bits per heavy atom. The number of nitrogens with zero attached hydrogens (tertiary/aromatic N) is 1. The van der Waals surface area contributed by atoms with Crippen LogP contribution in [0.1, 0.15) is 25.7 Å².